The summed E-state index contributed by atoms with van der Waals surface area (Å²) in [5, 5.41) is 19.3. The Hall–Kier alpha value is -1.70. The second kappa shape index (κ2) is 3.81. The van der Waals surface area contributed by atoms with Crippen LogP contribution < -0.4 is 5.32 Å². The van der Waals surface area contributed by atoms with Crippen LogP contribution in [0.1, 0.15) is 0 Å². The van der Waals surface area contributed by atoms with E-state index in [1.807, 2.05) is 0 Å². The van der Waals surface area contributed by atoms with Gasteiger partial charge in [0.05, 0.1) is 0 Å². The zero-order valence-electron chi connectivity index (χ0n) is 6.17. The van der Waals surface area contributed by atoms with Crippen molar-refractivity contribution in [3.8, 4) is 0 Å². The summed E-state index contributed by atoms with van der Waals surface area (Å²) in [5.41, 5.74) is 0. The molecule has 0 aliphatic rings. The molecule has 0 saturated heterocycles. The first-order valence-corrected chi connectivity index (χ1v) is 3.87. The fraction of sp³-hybridized carbons (Fsp3) is 0.200. The maximum Gasteiger partial charge on any atom is 0.338 e. The third-order valence-corrected chi connectivity index (χ3v) is 1.72. The normalized spacial score (nSPS) is 9.92. The highest BCUT2D eigenvalue weighted by Crippen LogP contribution is 2.08. The molecule has 1 heterocycles. The van der Waals surface area contributed by atoms with Gasteiger partial charge in [-0.2, -0.15) is 4.37 Å². The van der Waals surface area contributed by atoms with E-state index in [1.54, 1.807) is 0 Å². The molecule has 0 amide bonds. The number of hydrogen-bond acceptors (Lipinski definition) is 6. The predicted octanol–water partition coefficient (Wildman–Crippen LogP) is -0.512. The van der Waals surface area contributed by atoms with Crippen LogP contribution in [0.15, 0.2) is 6.33 Å². The third-order valence-electron chi connectivity index (χ3n) is 1.12. The first kappa shape index (κ1) is 9.39. The van der Waals surface area contributed by atoms with Crippen molar-refractivity contribution in [2.75, 3.05) is 5.32 Å². The van der Waals surface area contributed by atoms with Gasteiger partial charge in [0.2, 0.25) is 11.2 Å². The van der Waals surface area contributed by atoms with E-state index in [9.17, 15) is 9.59 Å². The summed E-state index contributed by atoms with van der Waals surface area (Å²) in [6.45, 7) is 0. The van der Waals surface area contributed by atoms with Crippen molar-refractivity contribution in [2.24, 2.45) is 0 Å². The average Bonchev–Trinajstić information content (AvgIpc) is 2.50. The van der Waals surface area contributed by atoms with Crippen LogP contribution in [0.2, 0.25) is 0 Å². The molecule has 0 unspecified atom stereocenters. The molecule has 0 aliphatic heterocycles. The highest BCUT2D eigenvalue weighted by atomic mass is 32.1. The average molecular weight is 203 g/mol. The van der Waals surface area contributed by atoms with Gasteiger partial charge >= 0.3 is 11.9 Å². The number of nitrogens with one attached hydrogen (secondary N) is 1. The van der Waals surface area contributed by atoms with E-state index in [1.165, 1.54) is 6.33 Å². The second-order valence-corrected chi connectivity index (χ2v) is 2.78. The molecule has 0 atom stereocenters. The van der Waals surface area contributed by atoms with Gasteiger partial charge in [0.1, 0.15) is 6.33 Å². The number of aliphatic carboxylic acids is 2. The molecule has 0 fully saturated rings. The van der Waals surface area contributed by atoms with Crippen LogP contribution in [0.5, 0.6) is 0 Å². The lowest BCUT2D eigenvalue weighted by atomic mass is 10.3. The van der Waals surface area contributed by atoms with Crippen molar-refractivity contribution >= 4 is 28.6 Å². The number of aromatic nitrogens is 2. The molecule has 1 aromatic heterocycles. The predicted molar refractivity (Wildman–Crippen MR) is 42.6 cm³/mol. The van der Waals surface area contributed by atoms with Crippen LogP contribution in [0.3, 0.4) is 0 Å². The third kappa shape index (κ3) is 2.37. The largest absolute Gasteiger partial charge is 0.479 e. The quantitative estimate of drug-likeness (QED) is 0.564. The van der Waals surface area contributed by atoms with Gasteiger partial charge < -0.3 is 15.5 Å². The number of hydrogen-bond donors (Lipinski definition) is 3. The van der Waals surface area contributed by atoms with Gasteiger partial charge in [-0.15, -0.1) is 0 Å². The fourth-order valence-corrected chi connectivity index (χ4v) is 1.05. The topological polar surface area (TPSA) is 112 Å². The van der Waals surface area contributed by atoms with E-state index >= 15 is 0 Å². The van der Waals surface area contributed by atoms with Gasteiger partial charge in [0, 0.05) is 11.5 Å². The Morgan fingerprint density at radius 3 is 2.46 bits per heavy atom. The van der Waals surface area contributed by atoms with Crippen LogP contribution in [0.4, 0.5) is 5.13 Å². The minimum atomic E-state index is -1.69. The van der Waals surface area contributed by atoms with Crippen molar-refractivity contribution in [3.05, 3.63) is 6.33 Å². The molecule has 0 aromatic carbocycles. The number of carboxylic acids is 2. The molecule has 13 heavy (non-hydrogen) atoms. The van der Waals surface area contributed by atoms with Crippen LogP contribution in [0.25, 0.3) is 0 Å². The Balaban J connectivity index is 2.69. The number of anilines is 1. The standard InChI is InChI=1S/C5H5N3O4S/c9-3(10)2(4(11)12)8-5-6-1-7-13-5/h1-2H,(H,9,10)(H,11,12)(H,6,7,8). The van der Waals surface area contributed by atoms with Gasteiger partial charge in [-0.3, -0.25) is 0 Å². The van der Waals surface area contributed by atoms with E-state index in [2.05, 4.69) is 14.7 Å². The molecule has 0 spiro atoms. The van der Waals surface area contributed by atoms with Gasteiger partial charge in [-0.25, -0.2) is 14.6 Å². The monoisotopic (exact) mass is 203 g/mol. The Morgan fingerprint density at radius 2 is 2.08 bits per heavy atom. The summed E-state index contributed by atoms with van der Waals surface area (Å²) < 4.78 is 3.58. The van der Waals surface area contributed by atoms with Crippen LogP contribution in [0, 0.1) is 0 Å². The molecule has 0 aliphatic carbocycles. The summed E-state index contributed by atoms with van der Waals surface area (Å²) >= 11 is 0.887. The Morgan fingerprint density at radius 1 is 1.46 bits per heavy atom. The summed E-state index contributed by atoms with van der Waals surface area (Å²) in [6, 6.07) is -1.69. The van der Waals surface area contributed by atoms with Crippen LogP contribution in [-0.2, 0) is 9.59 Å². The minimum absolute atomic E-state index is 0.162. The molecule has 1 aromatic rings. The summed E-state index contributed by atoms with van der Waals surface area (Å²) in [5.74, 6) is -2.94. The zero-order valence-corrected chi connectivity index (χ0v) is 6.98. The lowest BCUT2D eigenvalue weighted by Crippen LogP contribution is -2.37. The Bertz CT molecular complexity index is 298. The molecule has 8 heteroatoms. The molecule has 3 N–H and O–H groups in total. The minimum Gasteiger partial charge on any atom is -0.479 e. The van der Waals surface area contributed by atoms with Crippen molar-refractivity contribution in [2.45, 2.75) is 6.04 Å². The van der Waals surface area contributed by atoms with Gasteiger partial charge in [-0.05, 0) is 0 Å². The van der Waals surface area contributed by atoms with Crippen molar-refractivity contribution < 1.29 is 19.8 Å². The van der Waals surface area contributed by atoms with E-state index in [-0.39, 0.29) is 5.13 Å². The maximum absolute atomic E-state index is 10.4. The number of carbonyl (C=O) groups is 2. The molecule has 0 bridgehead atoms. The first-order chi connectivity index (χ1) is 6.11. The molecule has 7 nitrogen and oxygen atoms in total. The molecular formula is C5H5N3O4S. The van der Waals surface area contributed by atoms with E-state index < -0.39 is 18.0 Å². The highest BCUT2D eigenvalue weighted by Gasteiger charge is 2.26. The number of nitrogens with zero attached hydrogens (tertiary/aromatic N) is 2. The smallest absolute Gasteiger partial charge is 0.338 e. The second-order valence-electron chi connectivity index (χ2n) is 2.00. The van der Waals surface area contributed by atoms with E-state index in [0.29, 0.717) is 0 Å². The van der Waals surface area contributed by atoms with Crippen molar-refractivity contribution in [1.82, 2.24) is 9.36 Å². The van der Waals surface area contributed by atoms with E-state index in [4.69, 9.17) is 10.2 Å². The molecule has 0 radical (unpaired) electrons. The Kier molecular flexibility index (Phi) is 2.75. The summed E-state index contributed by atoms with van der Waals surface area (Å²) in [4.78, 5) is 24.4. The summed E-state index contributed by atoms with van der Waals surface area (Å²) in [7, 11) is 0. The number of carboxylic acid groups (broad SMARTS) is 2. The lowest BCUT2D eigenvalue weighted by molar-refractivity contribution is -0.148. The highest BCUT2D eigenvalue weighted by molar-refractivity contribution is 7.09. The van der Waals surface area contributed by atoms with Crippen LogP contribution >= 0.6 is 11.5 Å². The van der Waals surface area contributed by atoms with Gasteiger partial charge in [0.15, 0.2) is 0 Å². The fourth-order valence-electron chi connectivity index (χ4n) is 0.589. The molecule has 0 saturated carbocycles. The molecular weight excluding hydrogens is 198 g/mol. The maximum atomic E-state index is 10.4. The van der Waals surface area contributed by atoms with E-state index in [0.717, 1.165) is 11.5 Å². The molecule has 1 rings (SSSR count). The van der Waals surface area contributed by atoms with Crippen molar-refractivity contribution in [3.63, 3.8) is 0 Å². The van der Waals surface area contributed by atoms with Gasteiger partial charge in [0.25, 0.3) is 0 Å². The molecule has 70 valence electrons. The van der Waals surface area contributed by atoms with Crippen molar-refractivity contribution in [1.29, 1.82) is 0 Å². The van der Waals surface area contributed by atoms with Gasteiger partial charge in [-0.1, -0.05) is 0 Å². The lowest BCUT2D eigenvalue weighted by Gasteiger charge is -2.06. The van der Waals surface area contributed by atoms with Crippen LogP contribution in [-0.4, -0.2) is 37.6 Å². The first-order valence-electron chi connectivity index (χ1n) is 3.10. The number of rotatable bonds is 4. The Labute approximate surface area is 76.2 Å². The summed E-state index contributed by atoms with van der Waals surface area (Å²) in [6.07, 6.45) is 1.20. The zero-order chi connectivity index (χ0) is 9.84. The SMILES string of the molecule is O=C(O)C(Nc1ncns1)C(=O)O.